The van der Waals surface area contributed by atoms with Crippen LogP contribution in [-0.2, 0) is 9.53 Å². The summed E-state index contributed by atoms with van der Waals surface area (Å²) >= 11 is 0. The van der Waals surface area contributed by atoms with Gasteiger partial charge in [-0.25, -0.2) is 0 Å². The van der Waals surface area contributed by atoms with Crippen molar-refractivity contribution in [2.24, 2.45) is 16.3 Å². The molecule has 1 fully saturated rings. The van der Waals surface area contributed by atoms with Crippen LogP contribution in [0.2, 0.25) is 0 Å². The number of oxime groups is 1. The molecule has 2 unspecified atom stereocenters. The molecule has 1 aliphatic heterocycles. The molecule has 1 aliphatic rings. The lowest BCUT2D eigenvalue weighted by molar-refractivity contribution is -0.127. The summed E-state index contributed by atoms with van der Waals surface area (Å²) in [6.07, 6.45) is 4.90. The Morgan fingerprint density at radius 3 is 2.84 bits per heavy atom. The summed E-state index contributed by atoms with van der Waals surface area (Å²) < 4.78 is 5.60. The summed E-state index contributed by atoms with van der Waals surface area (Å²) in [4.78, 5) is 12.1. The first-order valence-corrected chi connectivity index (χ1v) is 6.92. The van der Waals surface area contributed by atoms with Crippen molar-refractivity contribution in [1.29, 1.82) is 0 Å². The highest BCUT2D eigenvalue weighted by Crippen LogP contribution is 2.21. The molecule has 6 nitrogen and oxygen atoms in total. The lowest BCUT2D eigenvalue weighted by atomic mass is 9.85. The predicted octanol–water partition coefficient (Wildman–Crippen LogP) is 1.22. The van der Waals surface area contributed by atoms with Gasteiger partial charge in [0.2, 0.25) is 5.91 Å². The summed E-state index contributed by atoms with van der Waals surface area (Å²) in [5.74, 6) is -0.262. The van der Waals surface area contributed by atoms with Crippen LogP contribution in [0, 0.1) is 5.41 Å². The van der Waals surface area contributed by atoms with E-state index < -0.39 is 5.41 Å². The molecule has 19 heavy (non-hydrogen) atoms. The van der Waals surface area contributed by atoms with Crippen LogP contribution < -0.4 is 11.1 Å². The minimum atomic E-state index is -0.956. The van der Waals surface area contributed by atoms with Gasteiger partial charge in [-0.2, -0.15) is 0 Å². The van der Waals surface area contributed by atoms with Crippen molar-refractivity contribution in [3.8, 4) is 0 Å². The Kier molecular flexibility index (Phi) is 6.08. The molecule has 0 aromatic carbocycles. The van der Waals surface area contributed by atoms with Crippen LogP contribution in [-0.4, -0.2) is 36.2 Å². The van der Waals surface area contributed by atoms with Crippen LogP contribution >= 0.6 is 0 Å². The first-order chi connectivity index (χ1) is 9.04. The van der Waals surface area contributed by atoms with Crippen molar-refractivity contribution in [2.75, 3.05) is 13.2 Å². The molecule has 1 rings (SSSR count). The molecule has 0 aromatic heterocycles. The highest BCUT2D eigenvalue weighted by Gasteiger charge is 2.36. The lowest BCUT2D eigenvalue weighted by Crippen LogP contribution is -2.48. The number of amides is 1. The number of carbonyl (C=O) groups excluding carboxylic acids is 1. The van der Waals surface area contributed by atoms with Gasteiger partial charge in [-0.15, -0.1) is 0 Å². The number of carbonyl (C=O) groups is 1. The fourth-order valence-electron chi connectivity index (χ4n) is 2.15. The molecule has 2 atom stereocenters. The van der Waals surface area contributed by atoms with Crippen LogP contribution in [0.3, 0.4) is 0 Å². The molecule has 0 aliphatic carbocycles. The standard InChI is InChI=1S/C13H25N3O3/c1-3-13(2,11(14)16-18)12(17)15-8-7-10-6-4-5-9-19-10/h10,18H,3-9H2,1-2H3,(H2,14,16)(H,15,17). The number of nitrogens with one attached hydrogen (secondary N) is 1. The first-order valence-electron chi connectivity index (χ1n) is 6.92. The van der Waals surface area contributed by atoms with E-state index in [1.54, 1.807) is 6.92 Å². The number of hydrogen-bond donors (Lipinski definition) is 3. The zero-order valence-electron chi connectivity index (χ0n) is 11.8. The van der Waals surface area contributed by atoms with E-state index in [1.807, 2.05) is 6.92 Å². The van der Waals surface area contributed by atoms with Gasteiger partial charge in [-0.1, -0.05) is 12.1 Å². The number of hydrogen-bond acceptors (Lipinski definition) is 4. The van der Waals surface area contributed by atoms with Crippen LogP contribution in [0.25, 0.3) is 0 Å². The predicted molar refractivity (Wildman–Crippen MR) is 73.0 cm³/mol. The minimum absolute atomic E-state index is 0.0542. The van der Waals surface area contributed by atoms with Gasteiger partial charge >= 0.3 is 0 Å². The maximum absolute atomic E-state index is 12.1. The van der Waals surface area contributed by atoms with Crippen LogP contribution in [0.4, 0.5) is 0 Å². The molecule has 0 spiro atoms. The molecule has 0 bridgehead atoms. The van der Waals surface area contributed by atoms with Crippen molar-refractivity contribution >= 4 is 11.7 Å². The Morgan fingerprint density at radius 2 is 2.32 bits per heavy atom. The lowest BCUT2D eigenvalue weighted by Gasteiger charge is -2.26. The fraction of sp³-hybridized carbons (Fsp3) is 0.846. The number of nitrogens with zero attached hydrogens (tertiary/aromatic N) is 1. The van der Waals surface area contributed by atoms with Gasteiger partial charge in [-0.05, 0) is 39.0 Å². The molecule has 1 heterocycles. The van der Waals surface area contributed by atoms with Crippen LogP contribution in [0.1, 0.15) is 46.0 Å². The van der Waals surface area contributed by atoms with Crippen molar-refractivity contribution in [3.63, 3.8) is 0 Å². The number of ether oxygens (including phenoxy) is 1. The van der Waals surface area contributed by atoms with Gasteiger partial charge in [0.15, 0.2) is 5.84 Å². The summed E-state index contributed by atoms with van der Waals surface area (Å²) in [5.41, 5.74) is 4.64. The average Bonchev–Trinajstić information content (AvgIpc) is 2.46. The van der Waals surface area contributed by atoms with E-state index >= 15 is 0 Å². The zero-order valence-corrected chi connectivity index (χ0v) is 11.8. The Hall–Kier alpha value is -1.30. The third kappa shape index (κ3) is 4.09. The van der Waals surface area contributed by atoms with Crippen molar-refractivity contribution in [3.05, 3.63) is 0 Å². The van der Waals surface area contributed by atoms with Gasteiger partial charge in [0.25, 0.3) is 0 Å². The first kappa shape index (κ1) is 15.8. The number of nitrogens with two attached hydrogens (primary N) is 1. The Bertz CT molecular complexity index is 327. The molecule has 1 saturated heterocycles. The molecular formula is C13H25N3O3. The van der Waals surface area contributed by atoms with Crippen molar-refractivity contribution in [2.45, 2.75) is 52.1 Å². The molecular weight excluding hydrogens is 246 g/mol. The van der Waals surface area contributed by atoms with Crippen molar-refractivity contribution in [1.82, 2.24) is 5.32 Å². The Morgan fingerprint density at radius 1 is 1.58 bits per heavy atom. The highest BCUT2D eigenvalue weighted by atomic mass is 16.5. The Labute approximate surface area is 114 Å². The SMILES string of the molecule is CCC(C)(C(=O)NCCC1CCCCO1)C(N)=NO. The second-order valence-corrected chi connectivity index (χ2v) is 5.20. The molecule has 0 radical (unpaired) electrons. The molecule has 110 valence electrons. The van der Waals surface area contributed by atoms with Crippen LogP contribution in [0.15, 0.2) is 5.16 Å². The van der Waals surface area contributed by atoms with Crippen molar-refractivity contribution < 1.29 is 14.7 Å². The van der Waals surface area contributed by atoms with E-state index in [-0.39, 0.29) is 17.8 Å². The topological polar surface area (TPSA) is 96.9 Å². The average molecular weight is 271 g/mol. The second kappa shape index (κ2) is 7.33. The van der Waals surface area contributed by atoms with E-state index in [0.29, 0.717) is 13.0 Å². The molecule has 4 N–H and O–H groups in total. The van der Waals surface area contributed by atoms with Gasteiger partial charge in [-0.3, -0.25) is 4.79 Å². The summed E-state index contributed by atoms with van der Waals surface area (Å²) in [6.45, 7) is 4.88. The Balaban J connectivity index is 2.40. The van der Waals surface area contributed by atoms with E-state index in [2.05, 4.69) is 10.5 Å². The quantitative estimate of drug-likeness (QED) is 0.293. The largest absolute Gasteiger partial charge is 0.409 e. The maximum Gasteiger partial charge on any atom is 0.233 e. The smallest absolute Gasteiger partial charge is 0.233 e. The third-order valence-electron chi connectivity index (χ3n) is 3.91. The van der Waals surface area contributed by atoms with Crippen LogP contribution in [0.5, 0.6) is 0 Å². The number of rotatable bonds is 6. The van der Waals surface area contributed by atoms with Gasteiger partial charge in [0.05, 0.1) is 6.10 Å². The van der Waals surface area contributed by atoms with E-state index in [4.69, 9.17) is 15.7 Å². The summed E-state index contributed by atoms with van der Waals surface area (Å²) in [5, 5.41) is 14.5. The molecule has 1 amide bonds. The molecule has 0 aromatic rings. The third-order valence-corrected chi connectivity index (χ3v) is 3.91. The van der Waals surface area contributed by atoms with Gasteiger partial charge in [0.1, 0.15) is 5.41 Å². The zero-order chi connectivity index (χ0) is 14.3. The van der Waals surface area contributed by atoms with Gasteiger partial charge < -0.3 is 21.0 Å². The molecule has 6 heteroatoms. The maximum atomic E-state index is 12.1. The highest BCUT2D eigenvalue weighted by molar-refractivity contribution is 6.06. The van der Waals surface area contributed by atoms with E-state index in [0.717, 1.165) is 25.9 Å². The second-order valence-electron chi connectivity index (χ2n) is 5.20. The molecule has 0 saturated carbocycles. The monoisotopic (exact) mass is 271 g/mol. The summed E-state index contributed by atoms with van der Waals surface area (Å²) in [7, 11) is 0. The van der Waals surface area contributed by atoms with Gasteiger partial charge in [0, 0.05) is 13.2 Å². The fourth-order valence-corrected chi connectivity index (χ4v) is 2.15. The van der Waals surface area contributed by atoms with E-state index in [1.165, 1.54) is 6.42 Å². The van der Waals surface area contributed by atoms with E-state index in [9.17, 15) is 4.79 Å². The minimum Gasteiger partial charge on any atom is -0.409 e. The summed E-state index contributed by atoms with van der Waals surface area (Å²) in [6, 6.07) is 0. The normalized spacial score (nSPS) is 23.7. The number of amidine groups is 1.